The molecule has 0 radical (unpaired) electrons. The van der Waals surface area contributed by atoms with Crippen LogP contribution in [0.2, 0.25) is 0 Å². The Labute approximate surface area is 123 Å². The first-order chi connectivity index (χ1) is 10.1. The molecule has 1 aliphatic heterocycles. The summed E-state index contributed by atoms with van der Waals surface area (Å²) in [5.74, 6) is -0.221. The van der Waals surface area contributed by atoms with Crippen molar-refractivity contribution >= 4 is 11.9 Å². The first-order valence-electron chi connectivity index (χ1n) is 6.93. The van der Waals surface area contributed by atoms with Gasteiger partial charge in [0.15, 0.2) is 11.5 Å². The number of aliphatic carboxylic acids is 1. The molecular weight excluding hydrogens is 274 g/mol. The van der Waals surface area contributed by atoms with Crippen LogP contribution in [0, 0.1) is 0 Å². The molecule has 0 aromatic heterocycles. The second kappa shape index (κ2) is 6.47. The summed E-state index contributed by atoms with van der Waals surface area (Å²) in [6.07, 6.45) is 1.20. The zero-order valence-corrected chi connectivity index (χ0v) is 12.2. The lowest BCUT2D eigenvalue weighted by molar-refractivity contribution is -0.141. The molecule has 6 nitrogen and oxygen atoms in total. The maximum absolute atomic E-state index is 12.5. The molecule has 1 N–H and O–H groups in total. The van der Waals surface area contributed by atoms with Crippen LogP contribution in [0.5, 0.6) is 11.5 Å². The fourth-order valence-electron chi connectivity index (χ4n) is 2.51. The van der Waals surface area contributed by atoms with E-state index in [4.69, 9.17) is 14.6 Å². The van der Waals surface area contributed by atoms with Crippen LogP contribution in [0.1, 0.15) is 30.1 Å². The number of hydrogen-bond acceptors (Lipinski definition) is 4. The Bertz CT molecular complexity index is 543. The van der Waals surface area contributed by atoms with Gasteiger partial charge < -0.3 is 19.5 Å². The molecule has 0 bridgehead atoms. The normalized spacial score (nSPS) is 17.6. The van der Waals surface area contributed by atoms with E-state index in [0.717, 1.165) is 0 Å². The van der Waals surface area contributed by atoms with Gasteiger partial charge in [0.2, 0.25) is 0 Å². The summed E-state index contributed by atoms with van der Waals surface area (Å²) in [4.78, 5) is 25.0. The van der Waals surface area contributed by atoms with E-state index in [2.05, 4.69) is 0 Å². The van der Waals surface area contributed by atoms with Crippen LogP contribution in [-0.2, 0) is 4.79 Å². The predicted octanol–water partition coefficient (Wildman–Crippen LogP) is 1.78. The van der Waals surface area contributed by atoms with Gasteiger partial charge in [0.25, 0.3) is 5.91 Å². The van der Waals surface area contributed by atoms with Crippen LogP contribution in [0.15, 0.2) is 18.2 Å². The first-order valence-corrected chi connectivity index (χ1v) is 6.93. The molecule has 1 aromatic rings. The Kier molecular flexibility index (Phi) is 4.67. The van der Waals surface area contributed by atoms with Crippen LogP contribution in [0.25, 0.3) is 0 Å². The minimum Gasteiger partial charge on any atom is -0.493 e. The number of carboxylic acid groups (broad SMARTS) is 1. The van der Waals surface area contributed by atoms with Gasteiger partial charge in [0, 0.05) is 12.1 Å². The van der Waals surface area contributed by atoms with Gasteiger partial charge in [-0.05, 0) is 38.0 Å². The van der Waals surface area contributed by atoms with E-state index in [-0.39, 0.29) is 5.91 Å². The second-order valence-electron chi connectivity index (χ2n) is 4.79. The van der Waals surface area contributed by atoms with Crippen LogP contribution in [0.3, 0.4) is 0 Å². The Morgan fingerprint density at radius 1 is 1.38 bits per heavy atom. The van der Waals surface area contributed by atoms with Gasteiger partial charge in [-0.3, -0.25) is 4.79 Å². The summed E-state index contributed by atoms with van der Waals surface area (Å²) in [5, 5.41) is 9.16. The minimum absolute atomic E-state index is 0.291. The summed E-state index contributed by atoms with van der Waals surface area (Å²) in [6, 6.07) is 4.15. The minimum atomic E-state index is -0.959. The summed E-state index contributed by atoms with van der Waals surface area (Å²) < 4.78 is 10.6. The molecule has 1 aromatic carbocycles. The van der Waals surface area contributed by atoms with Crippen molar-refractivity contribution < 1.29 is 24.2 Å². The number of nitrogens with zero attached hydrogens (tertiary/aromatic N) is 1. The molecule has 0 unspecified atom stereocenters. The van der Waals surface area contributed by atoms with Crippen molar-refractivity contribution in [3.05, 3.63) is 23.8 Å². The second-order valence-corrected chi connectivity index (χ2v) is 4.79. The number of carboxylic acids is 1. The van der Waals surface area contributed by atoms with E-state index in [1.165, 1.54) is 12.0 Å². The first kappa shape index (κ1) is 15.2. The quantitative estimate of drug-likeness (QED) is 0.895. The fourth-order valence-corrected chi connectivity index (χ4v) is 2.51. The monoisotopic (exact) mass is 293 g/mol. The van der Waals surface area contributed by atoms with Crippen LogP contribution in [0.4, 0.5) is 0 Å². The highest BCUT2D eigenvalue weighted by atomic mass is 16.5. The predicted molar refractivity (Wildman–Crippen MR) is 75.9 cm³/mol. The van der Waals surface area contributed by atoms with E-state index in [0.29, 0.717) is 43.1 Å². The molecule has 1 aliphatic rings. The molecule has 0 aliphatic carbocycles. The Morgan fingerprint density at radius 3 is 2.76 bits per heavy atom. The summed E-state index contributed by atoms with van der Waals surface area (Å²) in [6.45, 7) is 2.82. The molecule has 114 valence electrons. The number of likely N-dealkylation sites (tertiary alicyclic amines) is 1. The summed E-state index contributed by atoms with van der Waals surface area (Å²) >= 11 is 0. The Balaban J connectivity index is 2.25. The van der Waals surface area contributed by atoms with E-state index in [1.54, 1.807) is 18.2 Å². The number of hydrogen-bond donors (Lipinski definition) is 1. The van der Waals surface area contributed by atoms with Crippen LogP contribution in [-0.4, -0.2) is 48.2 Å². The molecule has 1 saturated heterocycles. The number of carbonyl (C=O) groups is 2. The molecule has 0 saturated carbocycles. The maximum Gasteiger partial charge on any atom is 0.326 e. The van der Waals surface area contributed by atoms with Crippen LogP contribution >= 0.6 is 0 Å². The van der Waals surface area contributed by atoms with Gasteiger partial charge >= 0.3 is 5.97 Å². The maximum atomic E-state index is 12.5. The van der Waals surface area contributed by atoms with Crippen molar-refractivity contribution in [1.29, 1.82) is 0 Å². The van der Waals surface area contributed by atoms with Gasteiger partial charge in [0.05, 0.1) is 13.7 Å². The van der Waals surface area contributed by atoms with Crippen LogP contribution < -0.4 is 9.47 Å². The van der Waals surface area contributed by atoms with Crippen molar-refractivity contribution in [3.63, 3.8) is 0 Å². The van der Waals surface area contributed by atoms with Crippen molar-refractivity contribution in [1.82, 2.24) is 4.90 Å². The van der Waals surface area contributed by atoms with Gasteiger partial charge in [0.1, 0.15) is 6.04 Å². The Morgan fingerprint density at radius 2 is 2.14 bits per heavy atom. The topological polar surface area (TPSA) is 76.1 Å². The van der Waals surface area contributed by atoms with E-state index >= 15 is 0 Å². The third kappa shape index (κ3) is 3.09. The number of rotatable bonds is 5. The summed E-state index contributed by atoms with van der Waals surface area (Å²) in [7, 11) is 1.50. The van der Waals surface area contributed by atoms with E-state index in [1.807, 2.05) is 6.92 Å². The average Bonchev–Trinajstić information content (AvgIpc) is 2.97. The Hall–Kier alpha value is -2.24. The summed E-state index contributed by atoms with van der Waals surface area (Å²) in [5.41, 5.74) is 0.406. The molecule has 21 heavy (non-hydrogen) atoms. The number of benzene rings is 1. The van der Waals surface area contributed by atoms with Gasteiger partial charge in [-0.2, -0.15) is 0 Å². The lowest BCUT2D eigenvalue weighted by atomic mass is 10.1. The fraction of sp³-hybridized carbons (Fsp3) is 0.467. The SMILES string of the molecule is CCOc1ccc(C(=O)N2CCC[C@H]2C(=O)O)cc1OC. The molecule has 6 heteroatoms. The number of amides is 1. The number of methoxy groups -OCH3 is 1. The highest BCUT2D eigenvalue weighted by molar-refractivity contribution is 5.97. The standard InChI is InChI=1S/C15H19NO5/c1-3-21-12-7-6-10(9-13(12)20-2)14(17)16-8-4-5-11(16)15(18)19/h6-7,9,11H,3-5,8H2,1-2H3,(H,18,19)/t11-/m0/s1. The smallest absolute Gasteiger partial charge is 0.326 e. The van der Waals surface area contributed by atoms with E-state index in [9.17, 15) is 9.59 Å². The zero-order valence-electron chi connectivity index (χ0n) is 12.2. The third-order valence-electron chi connectivity index (χ3n) is 3.51. The van der Waals surface area contributed by atoms with E-state index < -0.39 is 12.0 Å². The highest BCUT2D eigenvalue weighted by Crippen LogP contribution is 2.29. The molecular formula is C15H19NO5. The molecule has 1 atom stereocenters. The zero-order chi connectivity index (χ0) is 15.4. The van der Waals surface area contributed by atoms with Crippen molar-refractivity contribution in [2.24, 2.45) is 0 Å². The molecule has 2 rings (SSSR count). The van der Waals surface area contributed by atoms with Crippen molar-refractivity contribution in [3.8, 4) is 11.5 Å². The molecule has 0 spiro atoms. The average molecular weight is 293 g/mol. The van der Waals surface area contributed by atoms with Crippen molar-refractivity contribution in [2.75, 3.05) is 20.3 Å². The lowest BCUT2D eigenvalue weighted by Crippen LogP contribution is -2.40. The third-order valence-corrected chi connectivity index (χ3v) is 3.51. The molecule has 1 heterocycles. The lowest BCUT2D eigenvalue weighted by Gasteiger charge is -2.22. The van der Waals surface area contributed by atoms with Gasteiger partial charge in [-0.1, -0.05) is 0 Å². The molecule has 1 fully saturated rings. The van der Waals surface area contributed by atoms with Gasteiger partial charge in [-0.15, -0.1) is 0 Å². The number of carbonyl (C=O) groups excluding carboxylic acids is 1. The highest BCUT2D eigenvalue weighted by Gasteiger charge is 2.34. The largest absolute Gasteiger partial charge is 0.493 e. The van der Waals surface area contributed by atoms with Gasteiger partial charge in [-0.25, -0.2) is 4.79 Å². The molecule has 1 amide bonds. The number of ether oxygens (including phenoxy) is 2. The van der Waals surface area contributed by atoms with Crippen molar-refractivity contribution in [2.45, 2.75) is 25.8 Å².